The standard InChI is InChI=1S/C31H52N2O25/c1-8-17(41)20(44)21(45)28(50-8)53-25-16(33-10(3)38)27(47)51-14(7-36)23(25)55-57-29-22(46)26(19(43)13(6-35)52-29)56-58-31(30(48)49)4-11(39)15(32-9(2)37)24(54-31)18(42)12(40)5-34/h8,11-29,34-36,39-47H,4-7H2,1-3H3,(H,32,37)(H,33,38)(H,48,49)/t8-,11-,12+,13+,14+,15+,16+,17+,18-,19-,20+,21-,22+,23+,24+,25+,26-,27+,28-,29-,31-/m0/s1. The zero-order chi connectivity index (χ0) is 43.4. The lowest BCUT2D eigenvalue weighted by Crippen LogP contribution is -2.68. The lowest BCUT2D eigenvalue weighted by Gasteiger charge is -2.48. The van der Waals surface area contributed by atoms with Crippen LogP contribution in [-0.2, 0) is 57.6 Å². The van der Waals surface area contributed by atoms with Crippen LogP contribution in [0.15, 0.2) is 0 Å². The molecule has 336 valence electrons. The molecule has 27 nitrogen and oxygen atoms in total. The Morgan fingerprint density at radius 2 is 1.34 bits per heavy atom. The molecule has 4 aliphatic rings. The molecule has 0 aliphatic carbocycles. The van der Waals surface area contributed by atoms with E-state index in [2.05, 4.69) is 10.6 Å². The first kappa shape index (κ1) is 48.2. The van der Waals surface area contributed by atoms with Crippen LogP contribution in [0.3, 0.4) is 0 Å². The average Bonchev–Trinajstić information content (AvgIpc) is 3.17. The molecule has 4 aliphatic heterocycles. The van der Waals surface area contributed by atoms with Gasteiger partial charge < -0.3 is 101 Å². The van der Waals surface area contributed by atoms with Gasteiger partial charge in [0.2, 0.25) is 18.1 Å². The van der Waals surface area contributed by atoms with E-state index in [0.717, 1.165) is 13.8 Å². The third-order valence-electron chi connectivity index (χ3n) is 9.88. The molecule has 0 bridgehead atoms. The molecule has 4 rings (SSSR count). The topological polar surface area (TPSA) is 421 Å². The Hall–Kier alpha value is -2.43. The van der Waals surface area contributed by atoms with Crippen LogP contribution in [0.2, 0.25) is 0 Å². The zero-order valence-electron chi connectivity index (χ0n) is 31.1. The van der Waals surface area contributed by atoms with Crippen LogP contribution in [0.25, 0.3) is 0 Å². The molecular weight excluding hydrogens is 800 g/mol. The number of nitrogens with one attached hydrogen (secondary N) is 2. The molecule has 0 spiro atoms. The highest BCUT2D eigenvalue weighted by Gasteiger charge is 2.59. The molecule has 21 atom stereocenters. The van der Waals surface area contributed by atoms with E-state index in [-0.39, 0.29) is 0 Å². The van der Waals surface area contributed by atoms with Crippen LogP contribution in [-0.4, -0.2) is 232 Å². The van der Waals surface area contributed by atoms with E-state index in [1.807, 2.05) is 0 Å². The quantitative estimate of drug-likeness (QED) is 0.0506. The highest BCUT2D eigenvalue weighted by molar-refractivity contribution is 5.76. The van der Waals surface area contributed by atoms with E-state index in [4.69, 9.17) is 43.2 Å². The monoisotopic (exact) mass is 852 g/mol. The van der Waals surface area contributed by atoms with Crippen LogP contribution in [0.1, 0.15) is 27.2 Å². The molecule has 0 aromatic carbocycles. The summed E-state index contributed by atoms with van der Waals surface area (Å²) in [5.74, 6) is -6.70. The number of amides is 2. The molecule has 15 N–H and O–H groups in total. The average molecular weight is 853 g/mol. The van der Waals surface area contributed by atoms with Gasteiger partial charge in [-0.05, 0) is 6.92 Å². The number of carbonyl (C=O) groups is 3. The summed E-state index contributed by atoms with van der Waals surface area (Å²) in [5, 5.41) is 140. The lowest BCUT2D eigenvalue weighted by molar-refractivity contribution is -0.501. The SMILES string of the molecule is CC(=O)N[C@@H]1[C@@H](O[C@@H]2O[C@@H](C)[C@@H](O)[C@@H](O)[C@@H]2O)[C@H](OO[C@@H]2O[C@H](CO)[C@H](O)[C@H](OO[C@]3(C(=O)O)C[C@H](O)[C@@H](NC(C)=O)[C@H]([C@@H](O)[C@H](O)CO)O3)[C@H]2O)[C@@H](CO)O[C@H]1O. The lowest BCUT2D eigenvalue weighted by atomic mass is 9.88. The van der Waals surface area contributed by atoms with E-state index < -0.39 is 172 Å². The number of aliphatic hydroxyl groups is 12. The molecule has 2 amide bonds. The van der Waals surface area contributed by atoms with Gasteiger partial charge in [0.1, 0.15) is 79.3 Å². The molecule has 0 aromatic heterocycles. The third kappa shape index (κ3) is 10.5. The predicted molar refractivity (Wildman–Crippen MR) is 175 cm³/mol. The first-order valence-electron chi connectivity index (χ1n) is 17.9. The van der Waals surface area contributed by atoms with Gasteiger partial charge in [-0.2, -0.15) is 4.89 Å². The van der Waals surface area contributed by atoms with Crippen molar-refractivity contribution in [2.24, 2.45) is 0 Å². The van der Waals surface area contributed by atoms with E-state index >= 15 is 0 Å². The number of ether oxygens (including phenoxy) is 5. The summed E-state index contributed by atoms with van der Waals surface area (Å²) in [4.78, 5) is 57.5. The molecule has 27 heteroatoms. The molecule has 0 aromatic rings. The number of rotatable bonds is 16. The maximum absolute atomic E-state index is 12.6. The van der Waals surface area contributed by atoms with Crippen molar-refractivity contribution in [2.45, 2.75) is 155 Å². The summed E-state index contributed by atoms with van der Waals surface area (Å²) in [6.45, 7) is 0.331. The maximum Gasteiger partial charge on any atom is 0.367 e. The van der Waals surface area contributed by atoms with Crippen LogP contribution < -0.4 is 10.6 Å². The third-order valence-corrected chi connectivity index (χ3v) is 9.88. The summed E-state index contributed by atoms with van der Waals surface area (Å²) in [6.07, 6.45) is -34.8. The Balaban J connectivity index is 1.59. The van der Waals surface area contributed by atoms with Gasteiger partial charge in [-0.3, -0.25) is 9.59 Å². The van der Waals surface area contributed by atoms with Crippen molar-refractivity contribution in [3.05, 3.63) is 0 Å². The van der Waals surface area contributed by atoms with Gasteiger partial charge in [0.15, 0.2) is 18.7 Å². The predicted octanol–water partition coefficient (Wildman–Crippen LogP) is -9.36. The largest absolute Gasteiger partial charge is 0.477 e. The minimum atomic E-state index is -3.13. The number of carbonyl (C=O) groups excluding carboxylic acids is 2. The van der Waals surface area contributed by atoms with Crippen LogP contribution in [0.5, 0.6) is 0 Å². The van der Waals surface area contributed by atoms with Crippen molar-refractivity contribution in [1.82, 2.24) is 10.6 Å². The summed E-state index contributed by atoms with van der Waals surface area (Å²) in [5.41, 5.74) is 0. The van der Waals surface area contributed by atoms with Crippen LogP contribution in [0, 0.1) is 0 Å². The molecule has 4 fully saturated rings. The Morgan fingerprint density at radius 3 is 1.91 bits per heavy atom. The minimum absolute atomic E-state index is 0.757. The smallest absolute Gasteiger partial charge is 0.367 e. The van der Waals surface area contributed by atoms with Crippen molar-refractivity contribution in [2.75, 3.05) is 19.8 Å². The Labute approximate surface area is 327 Å². The van der Waals surface area contributed by atoms with Gasteiger partial charge >= 0.3 is 11.8 Å². The normalized spacial score (nSPS) is 44.5. The number of hydrogen-bond acceptors (Lipinski definition) is 24. The molecule has 4 heterocycles. The van der Waals surface area contributed by atoms with E-state index in [1.54, 1.807) is 0 Å². The molecule has 0 radical (unpaired) electrons. The summed E-state index contributed by atoms with van der Waals surface area (Å²) in [6, 6.07) is -3.18. The Morgan fingerprint density at radius 1 is 0.724 bits per heavy atom. The number of carboxylic acid groups (broad SMARTS) is 1. The van der Waals surface area contributed by atoms with Crippen molar-refractivity contribution in [3.63, 3.8) is 0 Å². The van der Waals surface area contributed by atoms with E-state index in [0.29, 0.717) is 0 Å². The summed E-state index contributed by atoms with van der Waals surface area (Å²) < 4.78 is 27.5. The fraction of sp³-hybridized carbons (Fsp3) is 0.903. The Bertz CT molecular complexity index is 1370. The second-order valence-electron chi connectivity index (χ2n) is 14.1. The van der Waals surface area contributed by atoms with Crippen molar-refractivity contribution >= 4 is 17.8 Å². The van der Waals surface area contributed by atoms with Crippen LogP contribution >= 0.6 is 0 Å². The van der Waals surface area contributed by atoms with Crippen molar-refractivity contribution in [1.29, 1.82) is 0 Å². The van der Waals surface area contributed by atoms with Gasteiger partial charge in [0.05, 0.1) is 38.1 Å². The van der Waals surface area contributed by atoms with Crippen LogP contribution in [0.4, 0.5) is 0 Å². The first-order valence-corrected chi connectivity index (χ1v) is 17.9. The molecule has 0 unspecified atom stereocenters. The van der Waals surface area contributed by atoms with E-state index in [1.165, 1.54) is 6.92 Å². The summed E-state index contributed by atoms with van der Waals surface area (Å²) in [7, 11) is 0. The Kier molecular flexibility index (Phi) is 17.0. The van der Waals surface area contributed by atoms with Gasteiger partial charge in [0, 0.05) is 20.3 Å². The van der Waals surface area contributed by atoms with Crippen molar-refractivity contribution in [3.8, 4) is 0 Å². The molecule has 0 saturated carbocycles. The fourth-order valence-corrected chi connectivity index (χ4v) is 6.72. The minimum Gasteiger partial charge on any atom is -0.477 e. The second kappa shape index (κ2) is 20.4. The van der Waals surface area contributed by atoms with Gasteiger partial charge in [-0.1, -0.05) is 0 Å². The van der Waals surface area contributed by atoms with Gasteiger partial charge in [0.25, 0.3) is 0 Å². The number of carboxylic acids is 1. The number of aliphatic carboxylic acids is 1. The van der Waals surface area contributed by atoms with Gasteiger partial charge in [-0.15, -0.1) is 0 Å². The fourth-order valence-electron chi connectivity index (χ4n) is 6.72. The maximum atomic E-state index is 12.6. The zero-order valence-corrected chi connectivity index (χ0v) is 31.1. The van der Waals surface area contributed by atoms with E-state index in [9.17, 15) is 80.8 Å². The van der Waals surface area contributed by atoms with Gasteiger partial charge in [-0.25, -0.2) is 19.5 Å². The highest BCUT2D eigenvalue weighted by atomic mass is 17.2. The molecular formula is C31H52N2O25. The first-order chi connectivity index (χ1) is 27.2. The van der Waals surface area contributed by atoms with Crippen molar-refractivity contribution < 1.29 is 124 Å². The molecule has 58 heavy (non-hydrogen) atoms. The molecule has 4 saturated heterocycles. The second-order valence-corrected chi connectivity index (χ2v) is 14.1. The number of aliphatic hydroxyl groups excluding tert-OH is 12. The summed E-state index contributed by atoms with van der Waals surface area (Å²) >= 11 is 0. The number of hydrogen-bond donors (Lipinski definition) is 15. The highest BCUT2D eigenvalue weighted by Crippen LogP contribution is 2.36.